The molecular formula is C20H31N3O6S2. The van der Waals surface area contributed by atoms with Gasteiger partial charge in [0.15, 0.2) is 0 Å². The van der Waals surface area contributed by atoms with Crippen molar-refractivity contribution < 1.29 is 27.6 Å². The fourth-order valence-electron chi connectivity index (χ4n) is 5.65. The van der Waals surface area contributed by atoms with Gasteiger partial charge in [-0.05, 0) is 55.0 Å². The number of rotatable bonds is 9. The maximum Gasteiger partial charge on any atom is 0.291 e. The number of carbonyl (C=O) groups is 1. The van der Waals surface area contributed by atoms with Gasteiger partial charge in [0.05, 0.1) is 11.9 Å². The number of thioether (sulfide) groups is 1. The van der Waals surface area contributed by atoms with Crippen molar-refractivity contribution in [3.05, 3.63) is 5.76 Å². The molecule has 4 fully saturated rings. The first-order valence-electron chi connectivity index (χ1n) is 10.8. The van der Waals surface area contributed by atoms with Gasteiger partial charge < -0.3 is 19.7 Å². The van der Waals surface area contributed by atoms with E-state index in [1.165, 1.54) is 11.8 Å². The zero-order valence-corrected chi connectivity index (χ0v) is 19.7. The molecule has 3 N–H and O–H groups in total. The highest BCUT2D eigenvalue weighted by molar-refractivity contribution is 8.00. The Balaban J connectivity index is 1.44. The third kappa shape index (κ3) is 5.20. The van der Waals surface area contributed by atoms with Crippen molar-refractivity contribution in [3.63, 3.8) is 0 Å². The van der Waals surface area contributed by atoms with Crippen LogP contribution in [0, 0.1) is 17.8 Å². The zero-order valence-electron chi connectivity index (χ0n) is 18.1. The molecular weight excluding hydrogens is 442 g/mol. The minimum Gasteiger partial charge on any atom is -0.473 e. The van der Waals surface area contributed by atoms with Gasteiger partial charge in [-0.25, -0.2) is 13.1 Å². The Bertz CT molecular complexity index is 915. The molecule has 4 aliphatic rings. The molecule has 5 rings (SSSR count). The summed E-state index contributed by atoms with van der Waals surface area (Å²) in [6.07, 6.45) is 5.57. The van der Waals surface area contributed by atoms with Crippen LogP contribution >= 0.6 is 11.8 Å². The Morgan fingerprint density at radius 2 is 2.00 bits per heavy atom. The van der Waals surface area contributed by atoms with Gasteiger partial charge in [-0.2, -0.15) is 0 Å². The van der Waals surface area contributed by atoms with E-state index in [1.54, 1.807) is 0 Å². The minimum atomic E-state index is -3.31. The molecule has 0 aliphatic heterocycles. The van der Waals surface area contributed by atoms with Gasteiger partial charge in [0.2, 0.25) is 15.8 Å². The summed E-state index contributed by atoms with van der Waals surface area (Å²) < 4.78 is 35.7. The molecule has 0 saturated heterocycles. The summed E-state index contributed by atoms with van der Waals surface area (Å²) in [7, 11) is -3.31. The van der Waals surface area contributed by atoms with E-state index in [-0.39, 0.29) is 42.0 Å². The van der Waals surface area contributed by atoms with Crippen LogP contribution in [0.4, 0.5) is 0 Å². The predicted molar refractivity (Wildman–Crippen MR) is 116 cm³/mol. The highest BCUT2D eigenvalue weighted by Crippen LogP contribution is 2.55. The lowest BCUT2D eigenvalue weighted by atomic mass is 9.52. The van der Waals surface area contributed by atoms with Crippen molar-refractivity contribution >= 4 is 27.7 Å². The molecule has 4 bridgehead atoms. The fraction of sp³-hybridized carbons (Fsp3) is 0.800. The number of nitrogens with zero attached hydrogens (tertiary/aromatic N) is 1. The summed E-state index contributed by atoms with van der Waals surface area (Å²) in [6, 6.07) is 0.0367. The number of hydrogen-bond acceptors (Lipinski definition) is 8. The number of carbonyl (C=O) groups excluding carboxylic acids is 1. The van der Waals surface area contributed by atoms with E-state index >= 15 is 0 Å². The molecule has 4 saturated carbocycles. The predicted octanol–water partition coefficient (Wildman–Crippen LogP) is 1.77. The van der Waals surface area contributed by atoms with Crippen molar-refractivity contribution in [3.8, 4) is 5.88 Å². The highest BCUT2D eigenvalue weighted by Gasteiger charge is 2.55. The first-order valence-corrected chi connectivity index (χ1v) is 13.6. The normalized spacial score (nSPS) is 31.9. The second kappa shape index (κ2) is 8.57. The molecule has 31 heavy (non-hydrogen) atoms. The van der Waals surface area contributed by atoms with Crippen molar-refractivity contribution in [2.75, 3.05) is 19.4 Å². The number of sulfonamides is 1. The maximum atomic E-state index is 13.1. The van der Waals surface area contributed by atoms with Gasteiger partial charge >= 0.3 is 0 Å². The van der Waals surface area contributed by atoms with Gasteiger partial charge in [0, 0.05) is 17.8 Å². The van der Waals surface area contributed by atoms with E-state index < -0.39 is 15.6 Å². The van der Waals surface area contributed by atoms with Gasteiger partial charge in [-0.1, -0.05) is 13.8 Å². The van der Waals surface area contributed by atoms with E-state index in [2.05, 4.69) is 15.2 Å². The number of aliphatic hydroxyl groups is 1. The van der Waals surface area contributed by atoms with Gasteiger partial charge in [0.1, 0.15) is 11.5 Å². The van der Waals surface area contributed by atoms with Crippen LogP contribution in [-0.2, 0) is 10.0 Å². The average molecular weight is 474 g/mol. The first kappa shape index (κ1) is 22.9. The summed E-state index contributed by atoms with van der Waals surface area (Å²) in [5.74, 6) is 1.15. The molecule has 9 nitrogen and oxygen atoms in total. The lowest BCUT2D eigenvalue weighted by Crippen LogP contribution is -2.61. The second-order valence-corrected chi connectivity index (χ2v) is 12.9. The molecule has 174 valence electrons. The Hall–Kier alpha value is -1.30. The van der Waals surface area contributed by atoms with Crippen LogP contribution in [0.2, 0.25) is 0 Å². The van der Waals surface area contributed by atoms with Crippen LogP contribution < -0.4 is 14.8 Å². The summed E-state index contributed by atoms with van der Waals surface area (Å²) in [5, 5.41) is 18.0. The number of hydrogen-bond donors (Lipinski definition) is 3. The van der Waals surface area contributed by atoms with Gasteiger partial charge in [-0.15, -0.1) is 11.8 Å². The van der Waals surface area contributed by atoms with Crippen molar-refractivity contribution in [1.82, 2.24) is 15.2 Å². The Labute approximate surface area is 187 Å². The van der Waals surface area contributed by atoms with Crippen LogP contribution in [0.1, 0.15) is 56.5 Å². The van der Waals surface area contributed by atoms with Gasteiger partial charge in [-0.3, -0.25) is 4.79 Å². The fourth-order valence-corrected chi connectivity index (χ4v) is 7.01. The van der Waals surface area contributed by atoms with Crippen LogP contribution in [0.3, 0.4) is 0 Å². The maximum absolute atomic E-state index is 13.1. The van der Waals surface area contributed by atoms with Crippen molar-refractivity contribution in [2.24, 2.45) is 17.8 Å². The molecule has 0 spiro atoms. The lowest BCUT2D eigenvalue weighted by molar-refractivity contribution is -0.137. The molecule has 0 radical (unpaired) electrons. The second-order valence-electron chi connectivity index (χ2n) is 9.52. The molecule has 11 heteroatoms. The summed E-state index contributed by atoms with van der Waals surface area (Å²) >= 11 is 1.42. The standard InChI is InChI=1S/C20H31N3O6S2/c1-11(2)30-17-16(29-23-19(17)28-5-4-21-31(3,26)27)18(24)22-15-13-6-12-7-14(15)10-20(25,8-12)9-13/h11-15,21,25H,4-10H2,1-3H3,(H,22,24). The SMILES string of the molecule is CC(C)Sc1c(OCCNS(C)(=O)=O)noc1C(=O)NC1C2CC3CC1CC(O)(C3)C2. The first-order chi connectivity index (χ1) is 14.5. The summed E-state index contributed by atoms with van der Waals surface area (Å²) in [5.41, 5.74) is -0.552. The summed E-state index contributed by atoms with van der Waals surface area (Å²) in [4.78, 5) is 13.6. The number of nitrogens with one attached hydrogen (secondary N) is 2. The van der Waals surface area contributed by atoms with Crippen molar-refractivity contribution in [1.29, 1.82) is 0 Å². The summed E-state index contributed by atoms with van der Waals surface area (Å²) in [6.45, 7) is 4.15. The van der Waals surface area contributed by atoms with E-state index in [0.29, 0.717) is 22.6 Å². The molecule has 2 unspecified atom stereocenters. The lowest BCUT2D eigenvalue weighted by Gasteiger charge is -2.58. The molecule has 0 aromatic carbocycles. The van der Waals surface area contributed by atoms with E-state index in [4.69, 9.17) is 9.26 Å². The molecule has 4 aliphatic carbocycles. The zero-order chi connectivity index (χ0) is 22.4. The number of aromatic nitrogens is 1. The van der Waals surface area contributed by atoms with Crippen LogP contribution in [0.25, 0.3) is 0 Å². The molecule has 2 atom stereocenters. The third-order valence-electron chi connectivity index (χ3n) is 6.42. The quantitative estimate of drug-likeness (QED) is 0.365. The van der Waals surface area contributed by atoms with E-state index in [9.17, 15) is 18.3 Å². The van der Waals surface area contributed by atoms with Crippen LogP contribution in [0.15, 0.2) is 9.42 Å². The van der Waals surface area contributed by atoms with E-state index in [0.717, 1.165) is 38.4 Å². The Kier molecular flexibility index (Phi) is 6.32. The van der Waals surface area contributed by atoms with Crippen LogP contribution in [0.5, 0.6) is 5.88 Å². The van der Waals surface area contributed by atoms with Crippen LogP contribution in [-0.4, -0.2) is 60.9 Å². The highest BCUT2D eigenvalue weighted by atomic mass is 32.2. The smallest absolute Gasteiger partial charge is 0.291 e. The van der Waals surface area contributed by atoms with E-state index in [1.807, 2.05) is 13.8 Å². The van der Waals surface area contributed by atoms with Gasteiger partial charge in [0.25, 0.3) is 11.8 Å². The number of amides is 1. The largest absolute Gasteiger partial charge is 0.473 e. The Morgan fingerprint density at radius 1 is 1.32 bits per heavy atom. The molecule has 1 amide bonds. The third-order valence-corrected chi connectivity index (χ3v) is 8.22. The monoisotopic (exact) mass is 473 g/mol. The average Bonchev–Trinajstić information content (AvgIpc) is 3.01. The van der Waals surface area contributed by atoms with Crippen molar-refractivity contribution in [2.45, 2.75) is 67.7 Å². The molecule has 1 aromatic rings. The molecule has 1 heterocycles. The Morgan fingerprint density at radius 3 is 2.58 bits per heavy atom. The minimum absolute atomic E-state index is 0.0367. The number of ether oxygens (including phenoxy) is 1. The molecule has 1 aromatic heterocycles. The topological polar surface area (TPSA) is 131 Å².